The van der Waals surface area contributed by atoms with Gasteiger partial charge in [-0.25, -0.2) is 9.78 Å². The molecule has 0 saturated carbocycles. The van der Waals surface area contributed by atoms with E-state index in [0.717, 1.165) is 12.1 Å². The second-order valence-corrected chi connectivity index (χ2v) is 7.29. The summed E-state index contributed by atoms with van der Waals surface area (Å²) in [4.78, 5) is 19.8. The van der Waals surface area contributed by atoms with Crippen molar-refractivity contribution in [3.05, 3.63) is 84.8 Å². The highest BCUT2D eigenvalue weighted by Crippen LogP contribution is 2.28. The van der Waals surface area contributed by atoms with Crippen LogP contribution in [0.25, 0.3) is 21.9 Å². The summed E-state index contributed by atoms with van der Waals surface area (Å²) in [6, 6.07) is 14.3. The molecule has 34 heavy (non-hydrogen) atoms. The minimum Gasteiger partial charge on any atom is -0.406 e. The van der Waals surface area contributed by atoms with Gasteiger partial charge in [-0.1, -0.05) is 12.1 Å². The number of aromatic amines is 1. The number of aromatic nitrogens is 3. The number of carbonyl (C=O) groups is 1. The van der Waals surface area contributed by atoms with Crippen LogP contribution < -0.4 is 15.4 Å². The molecule has 0 aliphatic heterocycles. The third-order valence-corrected chi connectivity index (χ3v) is 5.01. The van der Waals surface area contributed by atoms with E-state index in [9.17, 15) is 18.0 Å². The number of nitrogens with one attached hydrogen (secondary N) is 3. The monoisotopic (exact) mass is 467 g/mol. The molecule has 5 rings (SSSR count). The van der Waals surface area contributed by atoms with Crippen molar-refractivity contribution in [2.24, 2.45) is 0 Å². The van der Waals surface area contributed by atoms with Gasteiger partial charge >= 0.3 is 12.4 Å². The number of benzene rings is 2. The highest BCUT2D eigenvalue weighted by Gasteiger charge is 2.31. The molecule has 172 valence electrons. The molecule has 2 aromatic carbocycles. The summed E-state index contributed by atoms with van der Waals surface area (Å²) in [5, 5.41) is 6.36. The number of H-pyrrole nitrogens is 1. The summed E-state index contributed by atoms with van der Waals surface area (Å²) in [5.74, 6) is -0.464. The Balaban J connectivity index is 1.41. The Kier molecular flexibility index (Phi) is 4.74. The number of fused-ring (bicyclic) bond motifs is 2. The van der Waals surface area contributed by atoms with Crippen LogP contribution in [-0.2, 0) is 6.50 Å². The SMILES string of the molecule is [2H]C([2H])(c1ccnc2[nH]ccc12)n1ccc2c(NC(=O)Nc3cccc(OC(F)(F)F)c3)cccc21. The molecule has 0 saturated heterocycles. The van der Waals surface area contributed by atoms with E-state index in [1.807, 2.05) is 0 Å². The Morgan fingerprint density at radius 2 is 1.94 bits per heavy atom. The van der Waals surface area contributed by atoms with E-state index in [0.29, 0.717) is 33.2 Å². The molecular formula is C24H18F3N5O2. The number of urea groups is 1. The maximum atomic E-state index is 12.6. The van der Waals surface area contributed by atoms with Gasteiger partial charge in [0, 0.05) is 47.6 Å². The average Bonchev–Trinajstić information content (AvgIpc) is 3.46. The van der Waals surface area contributed by atoms with Crippen molar-refractivity contribution in [3.63, 3.8) is 0 Å². The Morgan fingerprint density at radius 3 is 2.79 bits per heavy atom. The van der Waals surface area contributed by atoms with Gasteiger partial charge < -0.3 is 24.9 Å². The smallest absolute Gasteiger partial charge is 0.406 e. The highest BCUT2D eigenvalue weighted by atomic mass is 19.4. The molecule has 0 fully saturated rings. The normalized spacial score (nSPS) is 12.9. The van der Waals surface area contributed by atoms with E-state index < -0.39 is 24.6 Å². The van der Waals surface area contributed by atoms with Crippen LogP contribution in [-0.4, -0.2) is 26.9 Å². The fraction of sp³-hybridized carbons (Fsp3) is 0.0833. The van der Waals surface area contributed by atoms with E-state index in [2.05, 4.69) is 25.3 Å². The molecule has 0 spiro atoms. The van der Waals surface area contributed by atoms with Crippen LogP contribution >= 0.6 is 0 Å². The van der Waals surface area contributed by atoms with Gasteiger partial charge in [-0.05, 0) is 48.0 Å². The molecule has 0 bridgehead atoms. The molecule has 2 amide bonds. The molecule has 0 unspecified atom stereocenters. The fourth-order valence-corrected chi connectivity index (χ4v) is 3.62. The summed E-state index contributed by atoms with van der Waals surface area (Å²) < 4.78 is 60.5. The van der Waals surface area contributed by atoms with Crippen molar-refractivity contribution in [2.75, 3.05) is 10.6 Å². The number of halogens is 3. The van der Waals surface area contributed by atoms with Crippen molar-refractivity contribution >= 4 is 39.3 Å². The maximum Gasteiger partial charge on any atom is 0.573 e. The molecule has 3 N–H and O–H groups in total. The number of hydrogen-bond acceptors (Lipinski definition) is 3. The Labute approximate surface area is 194 Å². The molecule has 0 radical (unpaired) electrons. The van der Waals surface area contributed by atoms with Gasteiger partial charge in [-0.3, -0.25) is 0 Å². The molecule has 5 aromatic rings. The van der Waals surface area contributed by atoms with Crippen molar-refractivity contribution in [1.29, 1.82) is 0 Å². The lowest BCUT2D eigenvalue weighted by atomic mass is 10.2. The van der Waals surface area contributed by atoms with Crippen molar-refractivity contribution in [2.45, 2.75) is 12.9 Å². The number of anilines is 2. The number of pyridine rings is 1. The van der Waals surface area contributed by atoms with Gasteiger partial charge in [0.15, 0.2) is 0 Å². The number of nitrogens with zero attached hydrogens (tertiary/aromatic N) is 2. The second kappa shape index (κ2) is 8.47. The lowest BCUT2D eigenvalue weighted by molar-refractivity contribution is -0.274. The third kappa shape index (κ3) is 4.51. The molecule has 0 aliphatic rings. The van der Waals surface area contributed by atoms with E-state index in [-0.39, 0.29) is 5.69 Å². The number of ether oxygens (including phenoxy) is 1. The van der Waals surface area contributed by atoms with Crippen molar-refractivity contribution in [3.8, 4) is 5.75 Å². The van der Waals surface area contributed by atoms with E-state index in [1.165, 1.54) is 22.9 Å². The van der Waals surface area contributed by atoms with Gasteiger partial charge in [0.25, 0.3) is 0 Å². The molecule has 10 heteroatoms. The lowest BCUT2D eigenvalue weighted by Gasteiger charge is -2.12. The van der Waals surface area contributed by atoms with Crippen LogP contribution in [0.3, 0.4) is 0 Å². The summed E-state index contributed by atoms with van der Waals surface area (Å²) in [7, 11) is 0. The first-order valence-corrected chi connectivity index (χ1v) is 10.1. The molecular weight excluding hydrogens is 447 g/mol. The zero-order valence-corrected chi connectivity index (χ0v) is 17.4. The van der Waals surface area contributed by atoms with Crippen molar-refractivity contribution < 1.29 is 25.4 Å². The van der Waals surface area contributed by atoms with Gasteiger partial charge in [0.2, 0.25) is 0 Å². The van der Waals surface area contributed by atoms with Crippen LogP contribution in [0.5, 0.6) is 5.75 Å². The maximum absolute atomic E-state index is 12.6. The number of carbonyl (C=O) groups excluding carboxylic acids is 1. The van der Waals surface area contributed by atoms with Crippen LogP contribution in [0, 0.1) is 0 Å². The quantitative estimate of drug-likeness (QED) is 0.292. The minimum absolute atomic E-state index is 0.100. The van der Waals surface area contributed by atoms with Crippen LogP contribution in [0.2, 0.25) is 0 Å². The number of alkyl halides is 3. The average molecular weight is 467 g/mol. The fourth-order valence-electron chi connectivity index (χ4n) is 3.62. The summed E-state index contributed by atoms with van der Waals surface area (Å²) in [5.41, 5.74) is 2.01. The zero-order valence-electron chi connectivity index (χ0n) is 19.4. The first-order valence-electron chi connectivity index (χ1n) is 11.1. The van der Waals surface area contributed by atoms with Gasteiger partial charge in [0.1, 0.15) is 11.4 Å². The minimum atomic E-state index is -4.85. The lowest BCUT2D eigenvalue weighted by Crippen LogP contribution is -2.20. The largest absolute Gasteiger partial charge is 0.573 e. The topological polar surface area (TPSA) is 84.0 Å². The first-order chi connectivity index (χ1) is 17.1. The Morgan fingerprint density at radius 1 is 1.09 bits per heavy atom. The first kappa shape index (κ1) is 19.0. The van der Waals surface area contributed by atoms with Gasteiger partial charge in [-0.15, -0.1) is 13.2 Å². The van der Waals surface area contributed by atoms with E-state index >= 15 is 0 Å². The summed E-state index contributed by atoms with van der Waals surface area (Å²) in [6.07, 6.45) is -0.0390. The van der Waals surface area contributed by atoms with Crippen LogP contribution in [0.1, 0.15) is 8.30 Å². The second-order valence-electron chi connectivity index (χ2n) is 7.29. The van der Waals surface area contributed by atoms with Gasteiger partial charge in [0.05, 0.1) is 13.9 Å². The van der Waals surface area contributed by atoms with E-state index in [4.69, 9.17) is 2.74 Å². The zero-order chi connectivity index (χ0) is 25.5. The predicted octanol–water partition coefficient (Wildman–Crippen LogP) is 6.11. The Hall–Kier alpha value is -4.47. The number of hydrogen-bond donors (Lipinski definition) is 3. The number of amides is 2. The third-order valence-electron chi connectivity index (χ3n) is 5.01. The number of rotatable bonds is 5. The highest BCUT2D eigenvalue weighted by molar-refractivity contribution is 6.05. The standard InChI is InChI=1S/C24H18F3N5O2/c25-24(26,27)34-17-4-1-3-16(13-17)30-23(33)31-20-5-2-6-21-19(20)9-12-32(21)14-15-7-10-28-22-18(15)8-11-29-22/h1-13H,14H2,(H,28,29)(H2,30,31,33)/i14D2. The molecule has 0 aliphatic carbocycles. The molecule has 3 aromatic heterocycles. The van der Waals surface area contributed by atoms with Gasteiger partial charge in [-0.2, -0.15) is 0 Å². The predicted molar refractivity (Wildman–Crippen MR) is 123 cm³/mol. The van der Waals surface area contributed by atoms with Crippen LogP contribution in [0.15, 0.2) is 79.3 Å². The van der Waals surface area contributed by atoms with Crippen LogP contribution in [0.4, 0.5) is 29.3 Å². The summed E-state index contributed by atoms with van der Waals surface area (Å²) in [6.45, 7) is -1.94. The molecule has 7 nitrogen and oxygen atoms in total. The van der Waals surface area contributed by atoms with Crippen molar-refractivity contribution in [1.82, 2.24) is 14.5 Å². The Bertz CT molecular complexity index is 1580. The molecule has 0 atom stereocenters. The van der Waals surface area contributed by atoms with E-state index in [1.54, 1.807) is 48.8 Å². The summed E-state index contributed by atoms with van der Waals surface area (Å²) >= 11 is 0. The molecule has 3 heterocycles.